The van der Waals surface area contributed by atoms with Crippen LogP contribution in [0.5, 0.6) is 0 Å². The van der Waals surface area contributed by atoms with Crippen molar-refractivity contribution in [3.05, 3.63) is 120 Å². The van der Waals surface area contributed by atoms with Crippen LogP contribution in [0.2, 0.25) is 0 Å². The molecule has 4 atom stereocenters. The highest BCUT2D eigenvalue weighted by Gasteiger charge is 2.33. The lowest BCUT2D eigenvalue weighted by molar-refractivity contribution is 0.911. The van der Waals surface area contributed by atoms with E-state index in [1.807, 2.05) is 0 Å². The van der Waals surface area contributed by atoms with Crippen molar-refractivity contribution >= 4 is 37.1 Å². The molecule has 0 fully saturated rings. The Bertz CT molecular complexity index is 1040. The highest BCUT2D eigenvalue weighted by atomic mass is 31.1. The molecule has 4 aromatic rings. The molecule has 4 aromatic carbocycles. The Kier molecular flexibility index (Phi) is 7.57. The van der Waals surface area contributed by atoms with Gasteiger partial charge in [-0.2, -0.15) is 0 Å². The molecule has 0 aliphatic rings. The lowest BCUT2D eigenvalue weighted by Crippen LogP contribution is -2.32. The summed E-state index contributed by atoms with van der Waals surface area (Å²) >= 11 is 0. The molecule has 2 unspecified atom stereocenters. The van der Waals surface area contributed by atoms with E-state index in [0.29, 0.717) is 11.3 Å². The van der Waals surface area contributed by atoms with Crippen molar-refractivity contribution in [2.24, 2.45) is 0 Å². The first kappa shape index (κ1) is 22.9. The maximum Gasteiger partial charge on any atom is -0.00860 e. The summed E-state index contributed by atoms with van der Waals surface area (Å²) in [6, 6.07) is 40.4. The van der Waals surface area contributed by atoms with E-state index in [2.05, 4.69) is 137 Å². The normalized spacial score (nSPS) is 15.0. The lowest BCUT2D eigenvalue weighted by atomic mass is 10.2. The number of hydrogen-bond donors (Lipinski definition) is 0. The van der Waals surface area contributed by atoms with E-state index in [0.717, 1.165) is 0 Å². The molecule has 0 radical (unpaired) electrons. The summed E-state index contributed by atoms with van der Waals surface area (Å²) < 4.78 is 0. The minimum absolute atomic E-state index is 0.479. The Balaban J connectivity index is 1.82. The number of aryl methyl sites for hydroxylation is 2. The summed E-state index contributed by atoms with van der Waals surface area (Å²) in [5.74, 6) is 0. The number of hydrogen-bond acceptors (Lipinski definition) is 0. The summed E-state index contributed by atoms with van der Waals surface area (Å²) in [5.41, 5.74) is 3.89. The average molecular weight is 455 g/mol. The van der Waals surface area contributed by atoms with Crippen LogP contribution < -0.4 is 21.2 Å². The van der Waals surface area contributed by atoms with Crippen molar-refractivity contribution in [2.75, 3.05) is 0 Å². The Labute approximate surface area is 196 Å². The maximum absolute atomic E-state index is 2.49. The van der Waals surface area contributed by atoms with Gasteiger partial charge in [-0.15, -0.1) is 0 Å². The Morgan fingerprint density at radius 1 is 0.438 bits per heavy atom. The highest BCUT2D eigenvalue weighted by Crippen LogP contribution is 2.51. The summed E-state index contributed by atoms with van der Waals surface area (Å²) in [5, 5.41) is 5.98. The van der Waals surface area contributed by atoms with Crippen molar-refractivity contribution in [1.29, 1.82) is 0 Å². The van der Waals surface area contributed by atoms with Crippen LogP contribution in [0.1, 0.15) is 25.0 Å². The van der Waals surface area contributed by atoms with Crippen LogP contribution in [0, 0.1) is 13.8 Å². The lowest BCUT2D eigenvalue weighted by Gasteiger charge is -2.36. The third-order valence-corrected chi connectivity index (χ3v) is 12.8. The minimum Gasteiger partial charge on any atom is -0.0622 e. The van der Waals surface area contributed by atoms with Gasteiger partial charge in [-0.3, -0.25) is 0 Å². The zero-order chi connectivity index (χ0) is 22.5. The Morgan fingerprint density at radius 2 is 0.750 bits per heavy atom. The molecule has 0 aliphatic carbocycles. The molecule has 0 amide bonds. The third-order valence-electron chi connectivity index (χ3n) is 6.33. The van der Waals surface area contributed by atoms with Crippen LogP contribution in [0.3, 0.4) is 0 Å². The van der Waals surface area contributed by atoms with Crippen LogP contribution in [0.15, 0.2) is 109 Å². The highest BCUT2D eigenvalue weighted by molar-refractivity contribution is 7.77. The molecular weight excluding hydrogens is 422 g/mol. The standard InChI is InChI=1S/C30H32P2/c1-23-15-11-13-21-29(23)31(27-17-7-5-8-18-27)25(3)26(4)32(28-19-9-6-10-20-28)30-22-14-12-16-24(30)2/h5-22,25-26H,1-4H3/t25-,26-,31?,32?/m1/s1. The predicted molar refractivity (Wildman–Crippen MR) is 147 cm³/mol. The topological polar surface area (TPSA) is 0 Å². The summed E-state index contributed by atoms with van der Waals surface area (Å²) in [6.07, 6.45) is 0. The van der Waals surface area contributed by atoms with E-state index >= 15 is 0 Å². The predicted octanol–water partition coefficient (Wildman–Crippen LogP) is 6.65. The van der Waals surface area contributed by atoms with Crippen molar-refractivity contribution in [2.45, 2.75) is 39.0 Å². The molecule has 2 heteroatoms. The fourth-order valence-electron chi connectivity index (χ4n) is 4.46. The molecule has 0 nitrogen and oxygen atoms in total. The Hall–Kier alpha value is -2.26. The molecule has 0 bridgehead atoms. The van der Waals surface area contributed by atoms with E-state index in [4.69, 9.17) is 0 Å². The minimum atomic E-state index is -0.479. The van der Waals surface area contributed by atoms with Gasteiger partial charge in [0.15, 0.2) is 0 Å². The van der Waals surface area contributed by atoms with Gasteiger partial charge in [0.25, 0.3) is 0 Å². The maximum atomic E-state index is 2.49. The smallest absolute Gasteiger partial charge is 0.00860 e. The van der Waals surface area contributed by atoms with Gasteiger partial charge in [-0.25, -0.2) is 0 Å². The van der Waals surface area contributed by atoms with Crippen LogP contribution in [-0.4, -0.2) is 11.3 Å². The first-order valence-electron chi connectivity index (χ1n) is 11.4. The van der Waals surface area contributed by atoms with Gasteiger partial charge in [0, 0.05) is 0 Å². The second kappa shape index (κ2) is 10.6. The zero-order valence-corrected chi connectivity index (χ0v) is 21.2. The van der Waals surface area contributed by atoms with Gasteiger partial charge in [-0.1, -0.05) is 123 Å². The summed E-state index contributed by atoms with van der Waals surface area (Å²) in [6.45, 7) is 9.53. The van der Waals surface area contributed by atoms with E-state index in [-0.39, 0.29) is 0 Å². The molecule has 0 saturated carbocycles. The number of rotatable bonds is 7. The van der Waals surface area contributed by atoms with Crippen LogP contribution >= 0.6 is 15.8 Å². The molecule has 0 saturated heterocycles. The van der Waals surface area contributed by atoms with Crippen molar-refractivity contribution < 1.29 is 0 Å². The van der Waals surface area contributed by atoms with Crippen molar-refractivity contribution in [1.82, 2.24) is 0 Å². The SMILES string of the molecule is Cc1ccccc1P(c1ccccc1)[C@H](C)[C@@H](C)P(c1ccccc1)c1ccccc1C. The second-order valence-electron chi connectivity index (χ2n) is 8.47. The summed E-state index contributed by atoms with van der Waals surface area (Å²) in [7, 11) is -0.958. The molecule has 0 aliphatic heterocycles. The quantitative estimate of drug-likeness (QED) is 0.275. The van der Waals surface area contributed by atoms with Gasteiger partial charge in [0.2, 0.25) is 0 Å². The van der Waals surface area contributed by atoms with Crippen LogP contribution in [-0.2, 0) is 0 Å². The monoisotopic (exact) mass is 454 g/mol. The Morgan fingerprint density at radius 3 is 1.09 bits per heavy atom. The van der Waals surface area contributed by atoms with E-state index in [9.17, 15) is 0 Å². The van der Waals surface area contributed by atoms with Crippen LogP contribution in [0.25, 0.3) is 0 Å². The fourth-order valence-corrected chi connectivity index (χ4v) is 10.9. The van der Waals surface area contributed by atoms with Gasteiger partial charge in [-0.05, 0) is 73.4 Å². The van der Waals surface area contributed by atoms with E-state index < -0.39 is 15.8 Å². The molecule has 0 heterocycles. The summed E-state index contributed by atoms with van der Waals surface area (Å²) in [4.78, 5) is 0. The van der Waals surface area contributed by atoms with Crippen LogP contribution in [0.4, 0.5) is 0 Å². The zero-order valence-electron chi connectivity index (χ0n) is 19.4. The van der Waals surface area contributed by atoms with Crippen molar-refractivity contribution in [3.63, 3.8) is 0 Å². The molecule has 0 spiro atoms. The molecule has 162 valence electrons. The van der Waals surface area contributed by atoms with Gasteiger partial charge in [0.05, 0.1) is 0 Å². The third kappa shape index (κ3) is 4.88. The van der Waals surface area contributed by atoms with E-state index in [1.54, 1.807) is 0 Å². The van der Waals surface area contributed by atoms with Gasteiger partial charge in [0.1, 0.15) is 0 Å². The second-order valence-corrected chi connectivity index (χ2v) is 13.6. The first-order chi connectivity index (χ1) is 15.6. The molecule has 0 N–H and O–H groups in total. The molecule has 0 aromatic heterocycles. The largest absolute Gasteiger partial charge is 0.0622 e. The number of benzene rings is 4. The average Bonchev–Trinajstić information content (AvgIpc) is 2.83. The van der Waals surface area contributed by atoms with Crippen molar-refractivity contribution in [3.8, 4) is 0 Å². The molecular formula is C30H32P2. The molecule has 32 heavy (non-hydrogen) atoms. The molecule has 4 rings (SSSR count). The fraction of sp³-hybridized carbons (Fsp3) is 0.200. The van der Waals surface area contributed by atoms with Gasteiger partial charge >= 0.3 is 0 Å². The first-order valence-corrected chi connectivity index (χ1v) is 14.2. The van der Waals surface area contributed by atoms with E-state index in [1.165, 1.54) is 32.3 Å². The van der Waals surface area contributed by atoms with Gasteiger partial charge < -0.3 is 0 Å².